The van der Waals surface area contributed by atoms with Crippen molar-refractivity contribution in [1.29, 1.82) is 0 Å². The lowest BCUT2D eigenvalue weighted by Gasteiger charge is -2.08. The first-order chi connectivity index (χ1) is 12.1. The van der Waals surface area contributed by atoms with E-state index in [9.17, 15) is 4.79 Å². The average molecular weight is 434 g/mol. The number of thioether (sulfide) groups is 1. The maximum absolute atomic E-state index is 12.3. The Bertz CT molecular complexity index is 970. The number of thiophene rings is 1. The lowest BCUT2D eigenvalue weighted by molar-refractivity contribution is -0.113. The molecule has 0 atom stereocenters. The summed E-state index contributed by atoms with van der Waals surface area (Å²) in [7, 11) is 0. The van der Waals surface area contributed by atoms with Gasteiger partial charge < -0.3 is 5.32 Å². The van der Waals surface area contributed by atoms with E-state index in [4.69, 9.17) is 0 Å². The molecule has 3 aromatic rings. The SMILES string of the molecule is Cc1ccc(NC(=O)CSc2ncnc3sc4c(c23)CCC4)c(Br)c1. The first-order valence-corrected chi connectivity index (χ1v) is 10.7. The van der Waals surface area contributed by atoms with Crippen molar-refractivity contribution in [2.75, 3.05) is 11.1 Å². The zero-order valence-electron chi connectivity index (χ0n) is 13.6. The summed E-state index contributed by atoms with van der Waals surface area (Å²) < 4.78 is 0.894. The minimum absolute atomic E-state index is 0.0341. The second-order valence-corrected chi connectivity index (χ2v) is 8.94. The van der Waals surface area contributed by atoms with Crippen LogP contribution in [0.4, 0.5) is 5.69 Å². The lowest BCUT2D eigenvalue weighted by Crippen LogP contribution is -2.14. The van der Waals surface area contributed by atoms with Crippen molar-refractivity contribution in [1.82, 2.24) is 9.97 Å². The van der Waals surface area contributed by atoms with Crippen molar-refractivity contribution >= 4 is 60.8 Å². The van der Waals surface area contributed by atoms with Crippen LogP contribution in [0.1, 0.15) is 22.4 Å². The molecule has 0 saturated heterocycles. The highest BCUT2D eigenvalue weighted by Crippen LogP contribution is 2.40. The summed E-state index contributed by atoms with van der Waals surface area (Å²) in [6.45, 7) is 2.02. The first-order valence-electron chi connectivity index (χ1n) is 8.06. The molecule has 0 aliphatic heterocycles. The number of aromatic nitrogens is 2. The molecule has 2 heterocycles. The van der Waals surface area contributed by atoms with Gasteiger partial charge in [-0.2, -0.15) is 0 Å². The predicted molar refractivity (Wildman–Crippen MR) is 108 cm³/mol. The van der Waals surface area contributed by atoms with Crippen LogP contribution < -0.4 is 5.32 Å². The Morgan fingerprint density at radius 1 is 1.36 bits per heavy atom. The van der Waals surface area contributed by atoms with Crippen molar-refractivity contribution in [2.24, 2.45) is 0 Å². The van der Waals surface area contributed by atoms with Gasteiger partial charge in [-0.1, -0.05) is 17.8 Å². The monoisotopic (exact) mass is 433 g/mol. The van der Waals surface area contributed by atoms with E-state index in [2.05, 4.69) is 31.2 Å². The number of aryl methyl sites for hydroxylation is 3. The van der Waals surface area contributed by atoms with Crippen LogP contribution in [0.2, 0.25) is 0 Å². The van der Waals surface area contributed by atoms with E-state index in [-0.39, 0.29) is 5.91 Å². The Morgan fingerprint density at radius 2 is 2.24 bits per heavy atom. The summed E-state index contributed by atoms with van der Waals surface area (Å²) in [5, 5.41) is 5.03. The van der Waals surface area contributed by atoms with Crippen LogP contribution in [0, 0.1) is 6.92 Å². The molecule has 0 saturated carbocycles. The summed E-state index contributed by atoms with van der Waals surface area (Å²) >= 11 is 6.75. The van der Waals surface area contributed by atoms with Gasteiger partial charge in [0.25, 0.3) is 0 Å². The molecule has 1 amide bonds. The average Bonchev–Trinajstić information content (AvgIpc) is 3.16. The second-order valence-electron chi connectivity index (χ2n) is 6.04. The van der Waals surface area contributed by atoms with Gasteiger partial charge in [-0.15, -0.1) is 11.3 Å². The van der Waals surface area contributed by atoms with Crippen LogP contribution in [0.25, 0.3) is 10.2 Å². The van der Waals surface area contributed by atoms with E-state index < -0.39 is 0 Å². The minimum atomic E-state index is -0.0341. The number of hydrogen-bond acceptors (Lipinski definition) is 5. The molecule has 7 heteroatoms. The fraction of sp³-hybridized carbons (Fsp3) is 0.278. The summed E-state index contributed by atoms with van der Waals surface area (Å²) in [6.07, 6.45) is 5.05. The molecule has 128 valence electrons. The molecular weight excluding hydrogens is 418 g/mol. The third kappa shape index (κ3) is 3.45. The van der Waals surface area contributed by atoms with Crippen LogP contribution in [-0.4, -0.2) is 21.6 Å². The van der Waals surface area contributed by atoms with Crippen LogP contribution >= 0.6 is 39.0 Å². The lowest BCUT2D eigenvalue weighted by atomic mass is 10.2. The molecule has 1 aromatic carbocycles. The minimum Gasteiger partial charge on any atom is -0.324 e. The Hall–Kier alpha value is -1.44. The molecule has 0 spiro atoms. The molecule has 0 fully saturated rings. The van der Waals surface area contributed by atoms with Gasteiger partial charge in [0.15, 0.2) is 0 Å². The third-order valence-electron chi connectivity index (χ3n) is 4.21. The summed E-state index contributed by atoms with van der Waals surface area (Å²) in [6, 6.07) is 5.89. The molecule has 0 radical (unpaired) electrons. The Kier molecular flexibility index (Phi) is 4.80. The van der Waals surface area contributed by atoms with Crippen LogP contribution in [0.15, 0.2) is 34.0 Å². The van der Waals surface area contributed by atoms with E-state index >= 15 is 0 Å². The molecule has 1 aliphatic carbocycles. The maximum Gasteiger partial charge on any atom is 0.234 e. The molecule has 0 bridgehead atoms. The number of halogens is 1. The van der Waals surface area contributed by atoms with Crippen LogP contribution in [0.3, 0.4) is 0 Å². The molecule has 25 heavy (non-hydrogen) atoms. The number of nitrogens with one attached hydrogen (secondary N) is 1. The number of amides is 1. The van der Waals surface area contributed by atoms with Gasteiger partial charge in [-0.3, -0.25) is 4.79 Å². The van der Waals surface area contributed by atoms with E-state index in [1.165, 1.54) is 28.6 Å². The van der Waals surface area contributed by atoms with E-state index in [1.807, 2.05) is 25.1 Å². The maximum atomic E-state index is 12.3. The van der Waals surface area contributed by atoms with Crippen LogP contribution in [-0.2, 0) is 17.6 Å². The van der Waals surface area contributed by atoms with E-state index in [0.29, 0.717) is 5.75 Å². The highest BCUT2D eigenvalue weighted by molar-refractivity contribution is 9.10. The van der Waals surface area contributed by atoms with E-state index in [1.54, 1.807) is 17.7 Å². The number of carbonyl (C=O) groups is 1. The number of hydrogen-bond donors (Lipinski definition) is 1. The molecule has 1 N–H and O–H groups in total. The number of rotatable bonds is 4. The standard InChI is InChI=1S/C18H16BrN3OS2/c1-10-5-6-13(12(19)7-10)22-15(23)8-24-17-16-11-3-2-4-14(11)25-18(16)21-9-20-17/h5-7,9H,2-4,8H2,1H3,(H,22,23). The molecular formula is C18H16BrN3OS2. The smallest absolute Gasteiger partial charge is 0.234 e. The number of anilines is 1. The molecule has 1 aliphatic rings. The molecule has 2 aromatic heterocycles. The Balaban J connectivity index is 1.50. The Morgan fingerprint density at radius 3 is 3.08 bits per heavy atom. The van der Waals surface area contributed by atoms with Gasteiger partial charge in [-0.05, 0) is 65.4 Å². The van der Waals surface area contributed by atoms with Crippen molar-refractivity contribution in [3.8, 4) is 0 Å². The quantitative estimate of drug-likeness (QED) is 0.465. The predicted octanol–water partition coefficient (Wildman–Crippen LogP) is 4.98. The number of carbonyl (C=O) groups excluding carboxylic acids is 1. The van der Waals surface area contributed by atoms with Crippen molar-refractivity contribution in [2.45, 2.75) is 31.2 Å². The normalized spacial score (nSPS) is 13.2. The fourth-order valence-corrected chi connectivity index (χ4v) is 5.76. The zero-order chi connectivity index (χ0) is 17.4. The van der Waals surface area contributed by atoms with Gasteiger partial charge in [-0.25, -0.2) is 9.97 Å². The zero-order valence-corrected chi connectivity index (χ0v) is 16.9. The van der Waals surface area contributed by atoms with Crippen molar-refractivity contribution in [3.63, 3.8) is 0 Å². The van der Waals surface area contributed by atoms with Gasteiger partial charge in [0, 0.05) is 14.7 Å². The molecule has 4 rings (SSSR count). The Labute approximate surface area is 162 Å². The number of fused-ring (bicyclic) bond motifs is 3. The highest BCUT2D eigenvalue weighted by atomic mass is 79.9. The molecule has 4 nitrogen and oxygen atoms in total. The topological polar surface area (TPSA) is 54.9 Å². The largest absolute Gasteiger partial charge is 0.324 e. The summed E-state index contributed by atoms with van der Waals surface area (Å²) in [5.41, 5.74) is 3.33. The number of nitrogens with zero attached hydrogens (tertiary/aromatic N) is 2. The van der Waals surface area contributed by atoms with Gasteiger partial charge >= 0.3 is 0 Å². The first kappa shape index (κ1) is 17.0. The fourth-order valence-electron chi connectivity index (χ4n) is 3.05. The third-order valence-corrected chi connectivity index (χ3v) is 7.05. The van der Waals surface area contributed by atoms with Crippen molar-refractivity contribution in [3.05, 3.63) is 45.0 Å². The van der Waals surface area contributed by atoms with Crippen LogP contribution in [0.5, 0.6) is 0 Å². The highest BCUT2D eigenvalue weighted by Gasteiger charge is 2.21. The number of benzene rings is 1. The second kappa shape index (κ2) is 7.05. The molecule has 0 unspecified atom stereocenters. The van der Waals surface area contributed by atoms with E-state index in [0.717, 1.165) is 43.8 Å². The van der Waals surface area contributed by atoms with Gasteiger partial charge in [0.05, 0.1) is 11.4 Å². The summed E-state index contributed by atoms with van der Waals surface area (Å²) in [5.74, 6) is 0.296. The summed E-state index contributed by atoms with van der Waals surface area (Å²) in [4.78, 5) is 23.7. The van der Waals surface area contributed by atoms with Crippen molar-refractivity contribution < 1.29 is 4.79 Å². The van der Waals surface area contributed by atoms with Gasteiger partial charge in [0.1, 0.15) is 16.2 Å². The van der Waals surface area contributed by atoms with Gasteiger partial charge in [0.2, 0.25) is 5.91 Å².